The van der Waals surface area contributed by atoms with E-state index in [0.717, 1.165) is 23.4 Å². The third-order valence-corrected chi connectivity index (χ3v) is 4.49. The van der Waals surface area contributed by atoms with Crippen LogP contribution in [0.5, 0.6) is 0 Å². The van der Waals surface area contributed by atoms with Gasteiger partial charge >= 0.3 is 0 Å². The fraction of sp³-hybridized carbons (Fsp3) is 0.438. The molecule has 0 atom stereocenters. The van der Waals surface area contributed by atoms with Crippen LogP contribution >= 0.6 is 11.3 Å². The number of carbonyl (C=O) groups is 2. The van der Waals surface area contributed by atoms with Gasteiger partial charge in [0.15, 0.2) is 0 Å². The summed E-state index contributed by atoms with van der Waals surface area (Å²) >= 11 is 1.66. The van der Waals surface area contributed by atoms with Crippen LogP contribution in [0.4, 0.5) is 0 Å². The molecule has 1 aromatic carbocycles. The second-order valence-electron chi connectivity index (χ2n) is 5.51. The molecule has 0 spiro atoms. The maximum Gasteiger partial charge on any atom is 0.237 e. The Kier molecular flexibility index (Phi) is 5.49. The predicted octanol–water partition coefficient (Wildman–Crippen LogP) is 2.34. The lowest BCUT2D eigenvalue weighted by atomic mass is 10.2. The average Bonchev–Trinajstić information content (AvgIpc) is 2.86. The zero-order chi connectivity index (χ0) is 16.1. The van der Waals surface area contributed by atoms with Crippen molar-refractivity contribution < 1.29 is 9.59 Å². The van der Waals surface area contributed by atoms with Crippen LogP contribution in [-0.4, -0.2) is 34.3 Å². The van der Waals surface area contributed by atoms with Gasteiger partial charge in [0.2, 0.25) is 11.8 Å². The van der Waals surface area contributed by atoms with Crippen molar-refractivity contribution in [2.75, 3.05) is 6.54 Å². The molecule has 22 heavy (non-hydrogen) atoms. The first-order chi connectivity index (χ1) is 10.5. The molecule has 0 aliphatic carbocycles. The molecular formula is C16H21N3O2S. The summed E-state index contributed by atoms with van der Waals surface area (Å²) < 4.78 is 1.17. The Hall–Kier alpha value is -1.95. The zero-order valence-corrected chi connectivity index (χ0v) is 13.7. The molecule has 0 radical (unpaired) electrons. The molecule has 2 aromatic rings. The van der Waals surface area contributed by atoms with Crippen molar-refractivity contribution >= 4 is 33.4 Å². The van der Waals surface area contributed by atoms with Crippen LogP contribution < -0.4 is 5.73 Å². The van der Waals surface area contributed by atoms with E-state index in [2.05, 4.69) is 11.1 Å². The number of primary amides is 1. The molecule has 0 fully saturated rings. The molecule has 0 saturated heterocycles. The largest absolute Gasteiger partial charge is 0.368 e. The van der Waals surface area contributed by atoms with Gasteiger partial charge in [-0.2, -0.15) is 0 Å². The molecule has 0 aliphatic rings. The van der Waals surface area contributed by atoms with Gasteiger partial charge in [-0.1, -0.05) is 12.1 Å². The lowest BCUT2D eigenvalue weighted by molar-refractivity contribution is -0.136. The lowest BCUT2D eigenvalue weighted by Crippen LogP contribution is -2.42. The number of nitrogens with two attached hydrogens (primary N) is 1. The van der Waals surface area contributed by atoms with Crippen molar-refractivity contribution in [1.82, 2.24) is 9.88 Å². The molecule has 1 heterocycles. The first kappa shape index (κ1) is 16.4. The molecule has 0 aliphatic heterocycles. The van der Waals surface area contributed by atoms with Crippen LogP contribution in [0.15, 0.2) is 24.3 Å². The maximum atomic E-state index is 12.2. The SMILES string of the molecule is CC(C)N(CC(N)=O)C(=O)CCCc1nc2ccccc2s1. The van der Waals surface area contributed by atoms with Crippen LogP contribution in [0.1, 0.15) is 31.7 Å². The normalized spacial score (nSPS) is 11.0. The van der Waals surface area contributed by atoms with Crippen LogP contribution in [0.3, 0.4) is 0 Å². The van der Waals surface area contributed by atoms with E-state index in [0.29, 0.717) is 6.42 Å². The summed E-state index contributed by atoms with van der Waals surface area (Å²) in [5.74, 6) is -0.511. The van der Waals surface area contributed by atoms with Crippen LogP contribution in [0.25, 0.3) is 10.2 Å². The number of rotatable bonds is 7. The third kappa shape index (κ3) is 4.27. The Morgan fingerprint density at radius 3 is 2.68 bits per heavy atom. The standard InChI is InChI=1S/C16H21N3O2S/c1-11(2)19(10-14(17)20)16(21)9-5-8-15-18-12-6-3-4-7-13(12)22-15/h3-4,6-7,11H,5,8-10H2,1-2H3,(H2,17,20). The lowest BCUT2D eigenvalue weighted by Gasteiger charge is -2.25. The summed E-state index contributed by atoms with van der Waals surface area (Å²) in [7, 11) is 0. The number of carbonyl (C=O) groups excluding carboxylic acids is 2. The summed E-state index contributed by atoms with van der Waals surface area (Å²) in [5, 5.41) is 1.04. The Bertz CT molecular complexity index is 633. The number of thiazole rings is 1. The van der Waals surface area contributed by atoms with Crippen LogP contribution in [0, 0.1) is 0 Å². The molecule has 5 nitrogen and oxygen atoms in total. The van der Waals surface area contributed by atoms with E-state index in [1.165, 1.54) is 9.60 Å². The van der Waals surface area contributed by atoms with E-state index in [1.807, 2.05) is 32.0 Å². The highest BCUT2D eigenvalue weighted by molar-refractivity contribution is 7.18. The third-order valence-electron chi connectivity index (χ3n) is 3.39. The van der Waals surface area contributed by atoms with Crippen molar-refractivity contribution in [1.29, 1.82) is 0 Å². The number of fused-ring (bicyclic) bond motifs is 1. The Morgan fingerprint density at radius 2 is 2.05 bits per heavy atom. The van der Waals surface area contributed by atoms with E-state index in [9.17, 15) is 9.59 Å². The molecule has 0 bridgehead atoms. The average molecular weight is 319 g/mol. The number of benzene rings is 1. The van der Waals surface area contributed by atoms with E-state index in [1.54, 1.807) is 11.3 Å². The smallest absolute Gasteiger partial charge is 0.237 e. The van der Waals surface area contributed by atoms with Gasteiger partial charge < -0.3 is 10.6 Å². The maximum absolute atomic E-state index is 12.2. The monoisotopic (exact) mass is 319 g/mol. The first-order valence-electron chi connectivity index (χ1n) is 7.39. The fourth-order valence-corrected chi connectivity index (χ4v) is 3.30. The van der Waals surface area contributed by atoms with Crippen molar-refractivity contribution in [3.8, 4) is 0 Å². The number of amides is 2. The molecule has 1 aromatic heterocycles. The second kappa shape index (κ2) is 7.35. The van der Waals surface area contributed by atoms with Crippen LogP contribution in [0.2, 0.25) is 0 Å². The first-order valence-corrected chi connectivity index (χ1v) is 8.21. The Labute approximate surface area is 134 Å². The second-order valence-corrected chi connectivity index (χ2v) is 6.63. The van der Waals surface area contributed by atoms with E-state index in [4.69, 9.17) is 5.73 Å². The molecule has 6 heteroatoms. The topological polar surface area (TPSA) is 76.3 Å². The highest BCUT2D eigenvalue weighted by atomic mass is 32.1. The van der Waals surface area contributed by atoms with E-state index >= 15 is 0 Å². The Balaban J connectivity index is 1.89. The minimum Gasteiger partial charge on any atom is -0.368 e. The predicted molar refractivity (Wildman–Crippen MR) is 88.6 cm³/mol. The van der Waals surface area contributed by atoms with Crippen molar-refractivity contribution in [2.45, 2.75) is 39.2 Å². The highest BCUT2D eigenvalue weighted by Gasteiger charge is 2.18. The summed E-state index contributed by atoms with van der Waals surface area (Å²) in [4.78, 5) is 29.3. The van der Waals surface area contributed by atoms with Gasteiger partial charge in [0.25, 0.3) is 0 Å². The number of hydrogen-bond donors (Lipinski definition) is 1. The number of aryl methyl sites for hydroxylation is 1. The molecule has 2 N–H and O–H groups in total. The molecule has 2 amide bonds. The number of para-hydroxylation sites is 1. The minimum atomic E-state index is -0.478. The minimum absolute atomic E-state index is 0.0162. The van der Waals surface area contributed by atoms with E-state index in [-0.39, 0.29) is 18.5 Å². The van der Waals surface area contributed by atoms with Gasteiger partial charge in [0.05, 0.1) is 21.8 Å². The van der Waals surface area contributed by atoms with E-state index < -0.39 is 5.91 Å². The summed E-state index contributed by atoms with van der Waals surface area (Å²) in [6.45, 7) is 3.75. The molecule has 2 rings (SSSR count). The zero-order valence-electron chi connectivity index (χ0n) is 12.9. The number of hydrogen-bond acceptors (Lipinski definition) is 4. The Morgan fingerprint density at radius 1 is 1.32 bits per heavy atom. The number of aromatic nitrogens is 1. The van der Waals surface area contributed by atoms with Gasteiger partial charge in [-0.05, 0) is 38.8 Å². The molecular weight excluding hydrogens is 298 g/mol. The van der Waals surface area contributed by atoms with Crippen molar-refractivity contribution in [3.63, 3.8) is 0 Å². The summed E-state index contributed by atoms with van der Waals surface area (Å²) in [6, 6.07) is 7.99. The molecule has 0 saturated carbocycles. The van der Waals surface area contributed by atoms with Crippen LogP contribution in [-0.2, 0) is 16.0 Å². The molecule has 0 unspecified atom stereocenters. The highest BCUT2D eigenvalue weighted by Crippen LogP contribution is 2.22. The fourth-order valence-electron chi connectivity index (χ4n) is 2.29. The quantitative estimate of drug-likeness (QED) is 0.851. The van der Waals surface area contributed by atoms with Gasteiger partial charge in [-0.3, -0.25) is 9.59 Å². The summed E-state index contributed by atoms with van der Waals surface area (Å²) in [5.41, 5.74) is 6.20. The van der Waals surface area contributed by atoms with Gasteiger partial charge in [-0.15, -0.1) is 11.3 Å². The number of nitrogens with zero attached hydrogens (tertiary/aromatic N) is 2. The van der Waals surface area contributed by atoms with Crippen molar-refractivity contribution in [2.24, 2.45) is 5.73 Å². The summed E-state index contributed by atoms with van der Waals surface area (Å²) in [6.07, 6.45) is 1.90. The van der Waals surface area contributed by atoms with Crippen molar-refractivity contribution in [3.05, 3.63) is 29.3 Å². The molecule has 118 valence electrons. The van der Waals surface area contributed by atoms with Gasteiger partial charge in [0, 0.05) is 12.5 Å². The van der Waals surface area contributed by atoms with Gasteiger partial charge in [-0.25, -0.2) is 4.98 Å². The van der Waals surface area contributed by atoms with Gasteiger partial charge in [0.1, 0.15) is 0 Å².